The molecule has 35 heavy (non-hydrogen) atoms. The highest BCUT2D eigenvalue weighted by Gasteiger charge is 2.38. The fraction of sp³-hybridized carbons (Fsp3) is 0.536. The molecular weight excluding hydrogens is 440 g/mol. The molecule has 184 valence electrons. The number of nitrogens with one attached hydrogen (secondary N) is 1. The van der Waals surface area contributed by atoms with E-state index in [1.54, 1.807) is 0 Å². The van der Waals surface area contributed by atoms with Gasteiger partial charge in [-0.25, -0.2) is 4.98 Å². The van der Waals surface area contributed by atoms with Crippen LogP contribution in [0.4, 0.5) is 5.82 Å². The molecule has 2 aliphatic heterocycles. The summed E-state index contributed by atoms with van der Waals surface area (Å²) < 4.78 is 6.14. The second-order valence-electron chi connectivity index (χ2n) is 10.0. The van der Waals surface area contributed by atoms with Crippen molar-refractivity contribution in [3.8, 4) is 6.07 Å². The van der Waals surface area contributed by atoms with Crippen LogP contribution in [0, 0.1) is 11.3 Å². The lowest BCUT2D eigenvalue weighted by molar-refractivity contribution is -0.143. The average Bonchev–Trinajstić information content (AvgIpc) is 3.61. The van der Waals surface area contributed by atoms with Gasteiger partial charge in [-0.1, -0.05) is 18.2 Å². The summed E-state index contributed by atoms with van der Waals surface area (Å²) in [5.74, 6) is 0.515. The number of carboxylic acid groups (broad SMARTS) is 1. The highest BCUT2D eigenvalue weighted by atomic mass is 16.5. The van der Waals surface area contributed by atoms with Gasteiger partial charge in [0.2, 0.25) is 0 Å². The fourth-order valence-corrected chi connectivity index (χ4v) is 5.52. The summed E-state index contributed by atoms with van der Waals surface area (Å²) in [7, 11) is 0. The molecule has 2 fully saturated rings. The zero-order valence-corrected chi connectivity index (χ0v) is 20.2. The van der Waals surface area contributed by atoms with Crippen LogP contribution in [0.2, 0.25) is 0 Å². The van der Waals surface area contributed by atoms with Gasteiger partial charge in [0.15, 0.2) is 0 Å². The zero-order valence-electron chi connectivity index (χ0n) is 20.2. The Morgan fingerprint density at radius 2 is 2.14 bits per heavy atom. The van der Waals surface area contributed by atoms with Gasteiger partial charge >= 0.3 is 5.97 Å². The molecule has 7 heteroatoms. The fourth-order valence-electron chi connectivity index (χ4n) is 5.52. The molecule has 7 nitrogen and oxygen atoms in total. The molecule has 2 aromatic rings. The number of pyridine rings is 1. The van der Waals surface area contributed by atoms with E-state index in [-0.39, 0.29) is 6.10 Å². The van der Waals surface area contributed by atoms with Crippen molar-refractivity contribution < 1.29 is 14.6 Å². The number of ether oxygens (including phenoxy) is 1. The summed E-state index contributed by atoms with van der Waals surface area (Å²) in [6, 6.07) is 11.4. The Labute approximate surface area is 207 Å². The number of anilines is 1. The number of carboxylic acids is 1. The molecular formula is C28H34N4O3. The molecule has 1 aliphatic carbocycles. The van der Waals surface area contributed by atoms with E-state index < -0.39 is 12.0 Å². The molecule has 3 aliphatic rings. The van der Waals surface area contributed by atoms with Crippen molar-refractivity contribution >= 4 is 11.8 Å². The van der Waals surface area contributed by atoms with E-state index in [1.807, 2.05) is 23.1 Å². The Hall–Kier alpha value is -2.95. The first-order chi connectivity index (χ1) is 17.1. The van der Waals surface area contributed by atoms with Crippen molar-refractivity contribution in [1.82, 2.24) is 9.88 Å². The second kappa shape index (κ2) is 10.8. The number of rotatable bonds is 10. The van der Waals surface area contributed by atoms with Gasteiger partial charge in [-0.2, -0.15) is 5.26 Å². The van der Waals surface area contributed by atoms with Gasteiger partial charge in [-0.15, -0.1) is 0 Å². The predicted molar refractivity (Wildman–Crippen MR) is 133 cm³/mol. The van der Waals surface area contributed by atoms with Crippen molar-refractivity contribution in [1.29, 1.82) is 5.26 Å². The maximum Gasteiger partial charge on any atom is 0.325 e. The monoisotopic (exact) mass is 474 g/mol. The maximum atomic E-state index is 12.3. The van der Waals surface area contributed by atoms with Crippen molar-refractivity contribution in [3.63, 3.8) is 0 Å². The first kappa shape index (κ1) is 23.8. The molecule has 1 aromatic heterocycles. The summed E-state index contributed by atoms with van der Waals surface area (Å²) in [5, 5.41) is 23.1. The molecule has 0 spiro atoms. The van der Waals surface area contributed by atoms with Gasteiger partial charge in [0.1, 0.15) is 11.9 Å². The van der Waals surface area contributed by atoms with Crippen LogP contribution in [0.25, 0.3) is 0 Å². The molecule has 1 unspecified atom stereocenters. The van der Waals surface area contributed by atoms with Crippen LogP contribution in [0.5, 0.6) is 0 Å². The number of aliphatic carboxylic acids is 1. The number of carbonyl (C=O) groups is 1. The number of fused-ring (bicyclic) bond motifs is 1. The molecule has 1 aromatic carbocycles. The van der Waals surface area contributed by atoms with Gasteiger partial charge in [0, 0.05) is 31.9 Å². The standard InChI is InChI=1S/C28H34N4O3/c29-17-21-5-3-8-24(25(21)19-9-10-19)26(28(33)34)32-15-13-23(18-32)35-16-2-1-7-22-12-11-20-6-4-14-30-27(20)31-22/h3,5,8,11-12,19,23,26H,1-2,4,6-7,9-10,13-16,18H2,(H,30,31)(H,33,34)/t23-,26?/m1/s1. The lowest BCUT2D eigenvalue weighted by Gasteiger charge is -2.27. The quantitative estimate of drug-likeness (QED) is 0.492. The molecule has 1 saturated carbocycles. The smallest absolute Gasteiger partial charge is 0.325 e. The SMILES string of the molecule is N#Cc1cccc(C(C(=O)O)N2CC[C@@H](OCCCCc3ccc4c(n3)NCCC4)C2)c1C1CC1. The molecule has 2 N–H and O–H groups in total. The zero-order chi connectivity index (χ0) is 24.2. The Balaban J connectivity index is 1.12. The molecule has 0 amide bonds. The third kappa shape index (κ3) is 5.50. The topological polar surface area (TPSA) is 98.5 Å². The molecule has 2 atom stereocenters. The number of hydrogen-bond acceptors (Lipinski definition) is 6. The van der Waals surface area contributed by atoms with Crippen molar-refractivity contribution in [3.05, 3.63) is 58.3 Å². The number of hydrogen-bond donors (Lipinski definition) is 2. The number of benzene rings is 1. The third-order valence-electron chi connectivity index (χ3n) is 7.45. The number of likely N-dealkylation sites (tertiary alicyclic amines) is 1. The van der Waals surface area contributed by atoms with Crippen LogP contribution in [-0.4, -0.2) is 53.3 Å². The van der Waals surface area contributed by atoms with Crippen LogP contribution in [-0.2, 0) is 22.4 Å². The second-order valence-corrected chi connectivity index (χ2v) is 10.0. The van der Waals surface area contributed by atoms with Crippen molar-refractivity contribution in [2.45, 2.75) is 69.4 Å². The largest absolute Gasteiger partial charge is 0.480 e. The van der Waals surface area contributed by atoms with Gasteiger partial charge in [-0.3, -0.25) is 9.69 Å². The van der Waals surface area contributed by atoms with E-state index >= 15 is 0 Å². The van der Waals surface area contributed by atoms with E-state index in [0.29, 0.717) is 31.2 Å². The minimum absolute atomic E-state index is 0.0476. The van der Waals surface area contributed by atoms with Gasteiger partial charge in [0.05, 0.1) is 17.7 Å². The Kier molecular flexibility index (Phi) is 7.31. The van der Waals surface area contributed by atoms with Crippen LogP contribution < -0.4 is 5.32 Å². The summed E-state index contributed by atoms with van der Waals surface area (Å²) in [6.07, 6.45) is 8.14. The van der Waals surface area contributed by atoms with Gasteiger partial charge < -0.3 is 15.2 Å². The minimum atomic E-state index is -0.852. The highest BCUT2D eigenvalue weighted by Crippen LogP contribution is 2.45. The summed E-state index contributed by atoms with van der Waals surface area (Å²) >= 11 is 0. The van der Waals surface area contributed by atoms with Crippen LogP contribution >= 0.6 is 0 Å². The molecule has 3 heterocycles. The number of aromatic nitrogens is 1. The minimum Gasteiger partial charge on any atom is -0.480 e. The molecule has 0 radical (unpaired) electrons. The first-order valence-corrected chi connectivity index (χ1v) is 13.0. The van der Waals surface area contributed by atoms with E-state index in [1.165, 1.54) is 12.0 Å². The van der Waals surface area contributed by atoms with E-state index in [9.17, 15) is 15.2 Å². The summed E-state index contributed by atoms with van der Waals surface area (Å²) in [4.78, 5) is 19.1. The summed E-state index contributed by atoms with van der Waals surface area (Å²) in [6.45, 7) is 2.98. The number of aryl methyl sites for hydroxylation is 2. The Bertz CT molecular complexity index is 1110. The van der Waals surface area contributed by atoms with Crippen LogP contribution in [0.3, 0.4) is 0 Å². The maximum absolute atomic E-state index is 12.3. The van der Waals surface area contributed by atoms with Crippen LogP contribution in [0.1, 0.15) is 78.4 Å². The third-order valence-corrected chi connectivity index (χ3v) is 7.45. The molecule has 1 saturated heterocycles. The van der Waals surface area contributed by atoms with Crippen LogP contribution in [0.15, 0.2) is 30.3 Å². The van der Waals surface area contributed by atoms with Crippen molar-refractivity contribution in [2.75, 3.05) is 31.6 Å². The number of unbranched alkanes of at least 4 members (excludes halogenated alkanes) is 1. The Morgan fingerprint density at radius 1 is 1.26 bits per heavy atom. The molecule has 0 bridgehead atoms. The lowest BCUT2D eigenvalue weighted by atomic mass is 9.92. The predicted octanol–water partition coefficient (Wildman–Crippen LogP) is 4.43. The highest BCUT2D eigenvalue weighted by molar-refractivity contribution is 5.77. The van der Waals surface area contributed by atoms with E-state index in [4.69, 9.17) is 9.72 Å². The summed E-state index contributed by atoms with van der Waals surface area (Å²) in [5.41, 5.74) is 4.79. The van der Waals surface area contributed by atoms with Gasteiger partial charge in [-0.05, 0) is 86.1 Å². The normalized spacial score (nSPS) is 20.6. The van der Waals surface area contributed by atoms with E-state index in [2.05, 4.69) is 23.5 Å². The average molecular weight is 475 g/mol. The lowest BCUT2D eigenvalue weighted by Crippen LogP contribution is -2.34. The van der Waals surface area contributed by atoms with Crippen molar-refractivity contribution in [2.24, 2.45) is 0 Å². The Morgan fingerprint density at radius 3 is 2.94 bits per heavy atom. The van der Waals surface area contributed by atoms with Gasteiger partial charge in [0.25, 0.3) is 0 Å². The number of nitrogens with zero attached hydrogens (tertiary/aromatic N) is 3. The number of nitriles is 1. The van der Waals surface area contributed by atoms with E-state index in [0.717, 1.165) is 74.1 Å². The first-order valence-electron chi connectivity index (χ1n) is 13.0. The molecule has 5 rings (SSSR count).